The molecular formula is C4H9NaO4. The van der Waals surface area contributed by atoms with Crippen LogP contribution in [-0.2, 0) is 4.79 Å². The normalized spacial score (nSPS) is 11.8. The van der Waals surface area contributed by atoms with E-state index in [1.165, 1.54) is 0 Å². The molecule has 0 fully saturated rings. The van der Waals surface area contributed by atoms with E-state index in [-0.39, 0.29) is 29.6 Å². The molecule has 50 valence electrons. The minimum atomic E-state index is -1.12. The van der Waals surface area contributed by atoms with E-state index < -0.39 is 25.1 Å². The molecule has 0 aliphatic carbocycles. The molecule has 0 aromatic rings. The van der Waals surface area contributed by atoms with Crippen molar-refractivity contribution in [3.63, 3.8) is 0 Å². The van der Waals surface area contributed by atoms with E-state index in [4.69, 9.17) is 15.3 Å². The van der Waals surface area contributed by atoms with Gasteiger partial charge < -0.3 is 15.3 Å². The van der Waals surface area contributed by atoms with Gasteiger partial charge in [0.05, 0.1) is 19.1 Å². The van der Waals surface area contributed by atoms with Gasteiger partial charge in [-0.1, -0.05) is 0 Å². The number of hydrogen-bond acceptors (Lipinski definition) is 3. The van der Waals surface area contributed by atoms with Crippen LogP contribution >= 0.6 is 0 Å². The van der Waals surface area contributed by atoms with Crippen LogP contribution in [-0.4, -0.2) is 63.6 Å². The number of aliphatic hydroxyl groups excluding tert-OH is 2. The summed E-state index contributed by atoms with van der Waals surface area (Å²) in [6, 6.07) is 0. The third kappa shape index (κ3) is 8.39. The fourth-order valence-corrected chi connectivity index (χ4v) is 0.266. The predicted molar refractivity (Wildman–Crippen MR) is 32.5 cm³/mol. The molecule has 5 heteroatoms. The Morgan fingerprint density at radius 2 is 2.00 bits per heavy atom. The maximum absolute atomic E-state index is 9.70. The van der Waals surface area contributed by atoms with Crippen molar-refractivity contribution >= 4 is 35.5 Å². The summed E-state index contributed by atoms with van der Waals surface area (Å²) in [5.74, 6) is -1.11. The Hall–Kier alpha value is 0.390. The van der Waals surface area contributed by atoms with Crippen LogP contribution in [0, 0.1) is 0 Å². The summed E-state index contributed by atoms with van der Waals surface area (Å²) in [6.45, 7) is -0.494. The summed E-state index contributed by atoms with van der Waals surface area (Å²) < 4.78 is 0. The van der Waals surface area contributed by atoms with Gasteiger partial charge in [-0.25, -0.2) is 0 Å². The summed E-state index contributed by atoms with van der Waals surface area (Å²) in [5, 5.41) is 24.4. The summed E-state index contributed by atoms with van der Waals surface area (Å²) in [6.07, 6.45) is -1.51. The van der Waals surface area contributed by atoms with Crippen molar-refractivity contribution in [1.82, 2.24) is 0 Å². The molecule has 0 aliphatic heterocycles. The number of hydrogen-bond donors (Lipinski definition) is 3. The Bertz CT molecular complexity index is 84.6. The van der Waals surface area contributed by atoms with Gasteiger partial charge in [0, 0.05) is 0 Å². The molecule has 0 rings (SSSR count). The molecule has 0 aliphatic rings. The van der Waals surface area contributed by atoms with Crippen molar-refractivity contribution in [2.24, 2.45) is 0 Å². The quantitative estimate of drug-likeness (QED) is 0.407. The Balaban J connectivity index is 0. The number of aliphatic hydroxyl groups is 2. The Kier molecular flexibility index (Phi) is 8.75. The second-order valence-electron chi connectivity index (χ2n) is 1.43. The Morgan fingerprint density at radius 1 is 1.56 bits per heavy atom. The molecule has 1 atom stereocenters. The van der Waals surface area contributed by atoms with E-state index in [1.807, 2.05) is 0 Å². The molecule has 9 heavy (non-hydrogen) atoms. The van der Waals surface area contributed by atoms with Crippen LogP contribution in [0.2, 0.25) is 0 Å². The standard InChI is InChI=1S/C4H8O4.Na.H/c5-2-3(6)1-4(7)8;;/h3,5-6H,1-2H2,(H,7,8);;. The molecule has 3 N–H and O–H groups in total. The van der Waals surface area contributed by atoms with Gasteiger partial charge in [-0.05, 0) is 0 Å². The molecular weight excluding hydrogens is 135 g/mol. The van der Waals surface area contributed by atoms with Gasteiger partial charge in [-0.3, -0.25) is 4.79 Å². The van der Waals surface area contributed by atoms with Gasteiger partial charge >= 0.3 is 35.5 Å². The zero-order valence-corrected chi connectivity index (χ0v) is 4.24. The van der Waals surface area contributed by atoms with Gasteiger partial charge in [0.1, 0.15) is 0 Å². The van der Waals surface area contributed by atoms with Gasteiger partial charge in [0.25, 0.3) is 0 Å². The molecule has 4 nitrogen and oxygen atoms in total. The molecule has 0 saturated carbocycles. The summed E-state index contributed by atoms with van der Waals surface area (Å²) in [5.41, 5.74) is 0. The fraction of sp³-hybridized carbons (Fsp3) is 0.750. The third-order valence-electron chi connectivity index (χ3n) is 0.621. The first-order valence-corrected chi connectivity index (χ1v) is 2.17. The zero-order chi connectivity index (χ0) is 6.57. The summed E-state index contributed by atoms with van der Waals surface area (Å²) in [4.78, 5) is 9.70. The predicted octanol–water partition coefficient (Wildman–Crippen LogP) is -1.83. The molecule has 0 aromatic carbocycles. The molecule has 0 radical (unpaired) electrons. The number of rotatable bonds is 3. The maximum atomic E-state index is 9.70. The van der Waals surface area contributed by atoms with Crippen molar-refractivity contribution < 1.29 is 20.1 Å². The molecule has 0 aromatic heterocycles. The van der Waals surface area contributed by atoms with Crippen LogP contribution in [0.3, 0.4) is 0 Å². The van der Waals surface area contributed by atoms with Crippen LogP contribution in [0.1, 0.15) is 6.42 Å². The van der Waals surface area contributed by atoms with E-state index in [2.05, 4.69) is 0 Å². The van der Waals surface area contributed by atoms with Crippen LogP contribution in [0.4, 0.5) is 0 Å². The SMILES string of the molecule is O=C(O)CC(O)CO.[NaH]. The van der Waals surface area contributed by atoms with E-state index in [0.29, 0.717) is 0 Å². The monoisotopic (exact) mass is 144 g/mol. The third-order valence-corrected chi connectivity index (χ3v) is 0.621. The van der Waals surface area contributed by atoms with Crippen LogP contribution in [0.25, 0.3) is 0 Å². The number of carboxylic acid groups (broad SMARTS) is 1. The number of carbonyl (C=O) groups is 1. The van der Waals surface area contributed by atoms with Crippen LogP contribution in [0.15, 0.2) is 0 Å². The number of carboxylic acids is 1. The first-order valence-electron chi connectivity index (χ1n) is 2.17. The molecule has 0 saturated heterocycles. The Morgan fingerprint density at radius 3 is 2.11 bits per heavy atom. The fourth-order valence-electron chi connectivity index (χ4n) is 0.266. The van der Waals surface area contributed by atoms with Gasteiger partial charge in [0.15, 0.2) is 0 Å². The van der Waals surface area contributed by atoms with Crippen molar-refractivity contribution in [2.75, 3.05) is 6.61 Å². The zero-order valence-electron chi connectivity index (χ0n) is 4.24. The van der Waals surface area contributed by atoms with Gasteiger partial charge in [0.2, 0.25) is 0 Å². The second kappa shape index (κ2) is 6.51. The van der Waals surface area contributed by atoms with E-state index in [1.54, 1.807) is 0 Å². The minimum absolute atomic E-state index is 0. The van der Waals surface area contributed by atoms with E-state index in [9.17, 15) is 4.79 Å². The first-order chi connectivity index (χ1) is 3.66. The van der Waals surface area contributed by atoms with Crippen LogP contribution < -0.4 is 0 Å². The molecule has 1 unspecified atom stereocenters. The number of aliphatic carboxylic acids is 1. The molecule has 0 spiro atoms. The topological polar surface area (TPSA) is 77.8 Å². The van der Waals surface area contributed by atoms with Gasteiger partial charge in [-0.15, -0.1) is 0 Å². The molecule has 0 amide bonds. The average molecular weight is 144 g/mol. The van der Waals surface area contributed by atoms with Crippen molar-refractivity contribution in [3.8, 4) is 0 Å². The van der Waals surface area contributed by atoms with Crippen molar-refractivity contribution in [2.45, 2.75) is 12.5 Å². The van der Waals surface area contributed by atoms with Crippen LogP contribution in [0.5, 0.6) is 0 Å². The second-order valence-corrected chi connectivity index (χ2v) is 1.43. The first kappa shape index (κ1) is 12.1. The van der Waals surface area contributed by atoms with E-state index >= 15 is 0 Å². The van der Waals surface area contributed by atoms with Gasteiger partial charge in [-0.2, -0.15) is 0 Å². The molecule has 0 heterocycles. The van der Waals surface area contributed by atoms with Crippen molar-refractivity contribution in [3.05, 3.63) is 0 Å². The average Bonchev–Trinajstić information content (AvgIpc) is 1.65. The van der Waals surface area contributed by atoms with Crippen molar-refractivity contribution in [1.29, 1.82) is 0 Å². The molecule has 0 bridgehead atoms. The summed E-state index contributed by atoms with van der Waals surface area (Å²) >= 11 is 0. The Labute approximate surface area is 74.8 Å². The van der Waals surface area contributed by atoms with E-state index in [0.717, 1.165) is 0 Å². The summed E-state index contributed by atoms with van der Waals surface area (Å²) in [7, 11) is 0.